The van der Waals surface area contributed by atoms with Crippen LogP contribution in [0.15, 0.2) is 17.0 Å². The summed E-state index contributed by atoms with van der Waals surface area (Å²) in [5, 5.41) is 3.31. The highest BCUT2D eigenvalue weighted by Gasteiger charge is 2.33. The van der Waals surface area contributed by atoms with Gasteiger partial charge in [0.25, 0.3) is 0 Å². The molecule has 2 rings (SSSR count). The summed E-state index contributed by atoms with van der Waals surface area (Å²) in [6.45, 7) is 9.43. The van der Waals surface area contributed by atoms with Crippen molar-refractivity contribution >= 4 is 15.7 Å². The molecule has 1 fully saturated rings. The van der Waals surface area contributed by atoms with Crippen LogP contribution in [-0.4, -0.2) is 21.5 Å². The summed E-state index contributed by atoms with van der Waals surface area (Å²) in [5.41, 5.74) is 2.58. The molecule has 5 heteroatoms. The van der Waals surface area contributed by atoms with Gasteiger partial charge in [0.1, 0.15) is 0 Å². The van der Waals surface area contributed by atoms with Gasteiger partial charge < -0.3 is 5.32 Å². The molecule has 1 aromatic carbocycles. The average Bonchev–Trinajstić information content (AvgIpc) is 3.09. The lowest BCUT2D eigenvalue weighted by Crippen LogP contribution is -2.27. The van der Waals surface area contributed by atoms with Crippen LogP contribution in [0.25, 0.3) is 0 Å². The molecule has 0 amide bonds. The number of benzene rings is 1. The van der Waals surface area contributed by atoms with Gasteiger partial charge in [-0.25, -0.2) is 13.1 Å². The van der Waals surface area contributed by atoms with E-state index in [1.54, 1.807) is 0 Å². The molecule has 1 aromatic rings. The van der Waals surface area contributed by atoms with Gasteiger partial charge in [0.2, 0.25) is 10.0 Å². The van der Waals surface area contributed by atoms with E-state index in [1.165, 1.54) is 0 Å². The van der Waals surface area contributed by atoms with Gasteiger partial charge in [0, 0.05) is 18.8 Å². The van der Waals surface area contributed by atoms with E-state index in [4.69, 9.17) is 0 Å². The van der Waals surface area contributed by atoms with Crippen molar-refractivity contribution in [3.8, 4) is 0 Å². The molecule has 0 spiro atoms. The minimum atomic E-state index is -3.42. The molecule has 0 heterocycles. The molecule has 118 valence electrons. The highest BCUT2D eigenvalue weighted by molar-refractivity contribution is 7.89. The molecule has 21 heavy (non-hydrogen) atoms. The van der Waals surface area contributed by atoms with E-state index in [0.29, 0.717) is 23.3 Å². The molecular weight excluding hydrogens is 284 g/mol. The maximum absolute atomic E-state index is 12.5. The molecule has 2 unspecified atom stereocenters. The van der Waals surface area contributed by atoms with E-state index in [9.17, 15) is 8.42 Å². The van der Waals surface area contributed by atoms with Crippen molar-refractivity contribution in [2.75, 3.05) is 18.4 Å². The van der Waals surface area contributed by atoms with E-state index in [1.807, 2.05) is 26.0 Å². The summed E-state index contributed by atoms with van der Waals surface area (Å²) in [4.78, 5) is 0.429. The van der Waals surface area contributed by atoms with Gasteiger partial charge in [-0.05, 0) is 61.8 Å². The summed E-state index contributed by atoms with van der Waals surface area (Å²) in [6.07, 6.45) is 2.17. The molecule has 0 aromatic heterocycles. The molecule has 1 saturated carbocycles. The minimum absolute atomic E-state index is 0.429. The second kappa shape index (κ2) is 6.36. The van der Waals surface area contributed by atoms with Crippen LogP contribution in [0, 0.1) is 25.7 Å². The van der Waals surface area contributed by atoms with Gasteiger partial charge in [-0.2, -0.15) is 0 Å². The van der Waals surface area contributed by atoms with Crippen LogP contribution in [0.1, 0.15) is 37.8 Å². The van der Waals surface area contributed by atoms with Crippen LogP contribution in [0.3, 0.4) is 0 Å². The summed E-state index contributed by atoms with van der Waals surface area (Å²) >= 11 is 0. The smallest absolute Gasteiger partial charge is 0.241 e. The van der Waals surface area contributed by atoms with Crippen LogP contribution in [-0.2, 0) is 10.0 Å². The Morgan fingerprint density at radius 2 is 1.81 bits per heavy atom. The second-order valence-electron chi connectivity index (χ2n) is 6.19. The fourth-order valence-electron chi connectivity index (χ4n) is 2.72. The lowest BCUT2D eigenvalue weighted by Gasteiger charge is -2.15. The van der Waals surface area contributed by atoms with Gasteiger partial charge in [-0.1, -0.05) is 13.8 Å². The highest BCUT2D eigenvalue weighted by Crippen LogP contribution is 2.37. The van der Waals surface area contributed by atoms with Crippen LogP contribution < -0.4 is 10.0 Å². The standard InChI is InChI=1S/C16H26N2O2S/c1-5-6-17-15-8-12(3)16(13(4)9-15)21(19,20)18-10-14-7-11(14)2/h8-9,11,14,17-18H,5-7,10H2,1-4H3. The first-order chi connectivity index (χ1) is 9.85. The number of aryl methyl sites for hydroxylation is 2. The Bertz CT molecular complexity index is 588. The van der Waals surface area contributed by atoms with Gasteiger partial charge in [0.15, 0.2) is 0 Å². The van der Waals surface area contributed by atoms with E-state index in [0.717, 1.165) is 36.2 Å². The Labute approximate surface area is 128 Å². The Kier molecular flexibility index (Phi) is 4.94. The zero-order valence-corrected chi connectivity index (χ0v) is 14.2. The van der Waals surface area contributed by atoms with E-state index >= 15 is 0 Å². The number of rotatable bonds is 7. The fourth-order valence-corrected chi connectivity index (χ4v) is 4.26. The van der Waals surface area contributed by atoms with Crippen LogP contribution in [0.2, 0.25) is 0 Å². The van der Waals surface area contributed by atoms with Crippen molar-refractivity contribution in [1.82, 2.24) is 4.72 Å². The predicted molar refractivity (Wildman–Crippen MR) is 87.2 cm³/mol. The van der Waals surface area contributed by atoms with Crippen molar-refractivity contribution < 1.29 is 8.42 Å². The highest BCUT2D eigenvalue weighted by atomic mass is 32.2. The third-order valence-electron chi connectivity index (χ3n) is 4.12. The SMILES string of the molecule is CCCNc1cc(C)c(S(=O)(=O)NCC2CC2C)c(C)c1. The number of hydrogen-bond acceptors (Lipinski definition) is 3. The van der Waals surface area contributed by atoms with Crippen LogP contribution in [0.4, 0.5) is 5.69 Å². The first kappa shape index (κ1) is 16.3. The molecular formula is C16H26N2O2S. The summed E-state index contributed by atoms with van der Waals surface area (Å²) in [6, 6.07) is 3.83. The first-order valence-electron chi connectivity index (χ1n) is 7.70. The minimum Gasteiger partial charge on any atom is -0.385 e. The van der Waals surface area contributed by atoms with Crippen molar-refractivity contribution in [1.29, 1.82) is 0 Å². The predicted octanol–water partition coefficient (Wildman–Crippen LogP) is 3.06. The zero-order chi connectivity index (χ0) is 15.6. The van der Waals surface area contributed by atoms with Crippen LogP contribution in [0.5, 0.6) is 0 Å². The lowest BCUT2D eigenvalue weighted by molar-refractivity contribution is 0.573. The molecule has 2 N–H and O–H groups in total. The monoisotopic (exact) mass is 310 g/mol. The molecule has 1 aliphatic carbocycles. The number of nitrogens with one attached hydrogen (secondary N) is 2. The maximum atomic E-state index is 12.5. The third kappa shape index (κ3) is 3.98. The molecule has 0 aliphatic heterocycles. The topological polar surface area (TPSA) is 58.2 Å². The molecule has 4 nitrogen and oxygen atoms in total. The van der Waals surface area contributed by atoms with Crippen molar-refractivity contribution in [3.63, 3.8) is 0 Å². The van der Waals surface area contributed by atoms with E-state index in [2.05, 4.69) is 23.9 Å². The molecule has 0 radical (unpaired) electrons. The summed E-state index contributed by atoms with van der Waals surface area (Å²) in [7, 11) is -3.42. The molecule has 1 aliphatic rings. The first-order valence-corrected chi connectivity index (χ1v) is 9.18. The number of sulfonamides is 1. The molecule has 2 atom stereocenters. The van der Waals surface area contributed by atoms with Crippen molar-refractivity contribution in [2.45, 2.75) is 45.4 Å². The fraction of sp³-hybridized carbons (Fsp3) is 0.625. The Morgan fingerprint density at radius 3 is 2.29 bits per heavy atom. The second-order valence-corrected chi connectivity index (χ2v) is 7.89. The van der Waals surface area contributed by atoms with Gasteiger partial charge in [-0.15, -0.1) is 0 Å². The van der Waals surface area contributed by atoms with Gasteiger partial charge in [0.05, 0.1) is 4.90 Å². The molecule has 0 bridgehead atoms. The Balaban J connectivity index is 2.17. The summed E-state index contributed by atoms with van der Waals surface area (Å²) in [5.74, 6) is 1.15. The zero-order valence-electron chi connectivity index (χ0n) is 13.4. The Morgan fingerprint density at radius 1 is 1.24 bits per heavy atom. The van der Waals surface area contributed by atoms with Crippen molar-refractivity contribution in [3.05, 3.63) is 23.3 Å². The largest absolute Gasteiger partial charge is 0.385 e. The lowest BCUT2D eigenvalue weighted by atomic mass is 10.1. The quantitative estimate of drug-likeness (QED) is 0.814. The summed E-state index contributed by atoms with van der Waals surface area (Å²) < 4.78 is 27.8. The van der Waals surface area contributed by atoms with Crippen molar-refractivity contribution in [2.24, 2.45) is 11.8 Å². The number of hydrogen-bond donors (Lipinski definition) is 2. The normalized spacial score (nSPS) is 21.3. The Hall–Kier alpha value is -1.07. The number of anilines is 1. The maximum Gasteiger partial charge on any atom is 0.241 e. The van der Waals surface area contributed by atoms with E-state index < -0.39 is 10.0 Å². The molecule has 0 saturated heterocycles. The van der Waals surface area contributed by atoms with E-state index in [-0.39, 0.29) is 0 Å². The van der Waals surface area contributed by atoms with Gasteiger partial charge >= 0.3 is 0 Å². The third-order valence-corrected chi connectivity index (χ3v) is 5.85. The van der Waals surface area contributed by atoms with Gasteiger partial charge in [-0.3, -0.25) is 0 Å². The van der Waals surface area contributed by atoms with Crippen LogP contribution >= 0.6 is 0 Å². The average molecular weight is 310 g/mol.